The average molecular weight is 280 g/mol. The molecular formula is C18H20N2O. The molecule has 21 heavy (non-hydrogen) atoms. The number of nitrogens with zero attached hydrogens (tertiary/aromatic N) is 1. The second kappa shape index (κ2) is 5.17. The van der Waals surface area contributed by atoms with Crippen molar-refractivity contribution in [2.75, 3.05) is 26.2 Å². The van der Waals surface area contributed by atoms with Gasteiger partial charge in [0.1, 0.15) is 5.75 Å². The molecule has 1 saturated heterocycles. The Morgan fingerprint density at radius 2 is 1.90 bits per heavy atom. The number of aromatic hydroxyl groups is 1. The first-order chi connectivity index (χ1) is 10.3. The highest BCUT2D eigenvalue weighted by Crippen LogP contribution is 2.43. The minimum Gasteiger partial charge on any atom is -0.508 e. The van der Waals surface area contributed by atoms with Crippen LogP contribution in [0.15, 0.2) is 48.5 Å². The van der Waals surface area contributed by atoms with E-state index in [0.29, 0.717) is 11.8 Å². The number of hydrogen-bond donors (Lipinski definition) is 2. The predicted molar refractivity (Wildman–Crippen MR) is 83.6 cm³/mol. The number of hydrogen-bond acceptors (Lipinski definition) is 3. The smallest absolute Gasteiger partial charge is 0.119 e. The number of phenolic OH excluding ortho intramolecular Hbond substituents is 1. The van der Waals surface area contributed by atoms with Gasteiger partial charge in [-0.25, -0.2) is 0 Å². The van der Waals surface area contributed by atoms with Gasteiger partial charge in [0.2, 0.25) is 0 Å². The van der Waals surface area contributed by atoms with E-state index in [-0.39, 0.29) is 5.92 Å². The van der Waals surface area contributed by atoms with Crippen molar-refractivity contribution in [3.63, 3.8) is 0 Å². The molecule has 4 rings (SSSR count). The molecule has 108 valence electrons. The Kier molecular flexibility index (Phi) is 3.17. The molecule has 2 N–H and O–H groups in total. The molecule has 2 aromatic rings. The number of rotatable bonds is 1. The van der Waals surface area contributed by atoms with E-state index in [1.807, 2.05) is 18.2 Å². The first-order valence-electron chi connectivity index (χ1n) is 7.66. The summed E-state index contributed by atoms with van der Waals surface area (Å²) in [6.07, 6.45) is 0. The summed E-state index contributed by atoms with van der Waals surface area (Å²) >= 11 is 0. The molecule has 2 aliphatic rings. The summed E-state index contributed by atoms with van der Waals surface area (Å²) < 4.78 is 0. The highest BCUT2D eigenvalue weighted by molar-refractivity contribution is 5.50. The van der Waals surface area contributed by atoms with Gasteiger partial charge in [-0.2, -0.15) is 0 Å². The third-order valence-corrected chi connectivity index (χ3v) is 4.80. The Bertz CT molecular complexity index is 641. The highest BCUT2D eigenvalue weighted by atomic mass is 16.3. The average Bonchev–Trinajstić information content (AvgIpc) is 2.55. The molecule has 3 nitrogen and oxygen atoms in total. The van der Waals surface area contributed by atoms with Crippen LogP contribution in [0.3, 0.4) is 0 Å². The molecule has 2 aromatic carbocycles. The zero-order valence-corrected chi connectivity index (χ0v) is 12.0. The van der Waals surface area contributed by atoms with Crippen LogP contribution in [0, 0.1) is 0 Å². The normalized spacial score (nSPS) is 25.1. The highest BCUT2D eigenvalue weighted by Gasteiger charge is 2.36. The number of nitrogens with one attached hydrogen (secondary N) is 1. The largest absolute Gasteiger partial charge is 0.508 e. The van der Waals surface area contributed by atoms with Gasteiger partial charge < -0.3 is 10.4 Å². The zero-order valence-electron chi connectivity index (χ0n) is 12.0. The molecular weight excluding hydrogens is 260 g/mol. The lowest BCUT2D eigenvalue weighted by atomic mass is 9.80. The third-order valence-electron chi connectivity index (χ3n) is 4.80. The fourth-order valence-corrected chi connectivity index (χ4v) is 3.80. The molecule has 0 aromatic heterocycles. The Hall–Kier alpha value is -1.84. The number of piperazine rings is 1. The summed E-state index contributed by atoms with van der Waals surface area (Å²) in [5, 5.41) is 13.9. The van der Waals surface area contributed by atoms with Gasteiger partial charge >= 0.3 is 0 Å². The lowest BCUT2D eigenvalue weighted by Crippen LogP contribution is -2.50. The fourth-order valence-electron chi connectivity index (χ4n) is 3.80. The third kappa shape index (κ3) is 2.13. The molecule has 0 spiro atoms. The first-order valence-corrected chi connectivity index (χ1v) is 7.66. The van der Waals surface area contributed by atoms with Crippen molar-refractivity contribution >= 4 is 0 Å². The number of fused-ring (bicyclic) bond motifs is 3. The van der Waals surface area contributed by atoms with Crippen LogP contribution in [0.25, 0.3) is 0 Å². The molecule has 2 unspecified atom stereocenters. The second-order valence-corrected chi connectivity index (χ2v) is 5.96. The van der Waals surface area contributed by atoms with E-state index in [1.165, 1.54) is 11.1 Å². The minimum atomic E-state index is 0.261. The molecule has 2 aliphatic heterocycles. The monoisotopic (exact) mass is 280 g/mol. The molecule has 0 saturated carbocycles. The van der Waals surface area contributed by atoms with E-state index in [0.717, 1.165) is 31.7 Å². The molecule has 2 heterocycles. The van der Waals surface area contributed by atoms with Crippen LogP contribution in [0.2, 0.25) is 0 Å². The van der Waals surface area contributed by atoms with Crippen LogP contribution in [0.5, 0.6) is 5.75 Å². The summed E-state index contributed by atoms with van der Waals surface area (Å²) in [4.78, 5) is 2.55. The van der Waals surface area contributed by atoms with Crippen molar-refractivity contribution in [2.24, 2.45) is 0 Å². The van der Waals surface area contributed by atoms with Gasteiger partial charge in [-0.3, -0.25) is 4.90 Å². The summed E-state index contributed by atoms with van der Waals surface area (Å²) in [6, 6.07) is 16.9. The topological polar surface area (TPSA) is 35.5 Å². The molecule has 0 aliphatic carbocycles. The quantitative estimate of drug-likeness (QED) is 0.842. The van der Waals surface area contributed by atoms with Gasteiger partial charge in [0, 0.05) is 43.7 Å². The van der Waals surface area contributed by atoms with Crippen LogP contribution < -0.4 is 5.32 Å². The summed E-state index contributed by atoms with van der Waals surface area (Å²) in [6.45, 7) is 4.08. The molecule has 0 amide bonds. The van der Waals surface area contributed by atoms with Gasteiger partial charge in [0.05, 0.1) is 0 Å². The first kappa shape index (κ1) is 12.9. The summed E-state index contributed by atoms with van der Waals surface area (Å²) in [5.41, 5.74) is 3.69. The van der Waals surface area contributed by atoms with Crippen LogP contribution in [-0.2, 0) is 0 Å². The van der Waals surface area contributed by atoms with Crippen molar-refractivity contribution in [1.29, 1.82) is 0 Å². The Morgan fingerprint density at radius 3 is 2.76 bits per heavy atom. The van der Waals surface area contributed by atoms with E-state index in [4.69, 9.17) is 0 Å². The van der Waals surface area contributed by atoms with Gasteiger partial charge in [-0.15, -0.1) is 0 Å². The van der Waals surface area contributed by atoms with Crippen molar-refractivity contribution in [1.82, 2.24) is 10.2 Å². The van der Waals surface area contributed by atoms with Gasteiger partial charge in [0.15, 0.2) is 0 Å². The standard InChI is InChI=1S/C18H20N2O/c21-17-8-4-7-14-16-11-19-9-10-20(16)12-15(18(14)17)13-5-2-1-3-6-13/h1-8,15-16,19,21H,9-12H2. The van der Waals surface area contributed by atoms with E-state index in [2.05, 4.69) is 40.5 Å². The van der Waals surface area contributed by atoms with Crippen LogP contribution in [0.4, 0.5) is 0 Å². The van der Waals surface area contributed by atoms with Gasteiger partial charge in [-0.1, -0.05) is 42.5 Å². The number of benzene rings is 2. The number of phenols is 1. The lowest BCUT2D eigenvalue weighted by Gasteiger charge is -2.44. The Labute approximate surface area is 125 Å². The van der Waals surface area contributed by atoms with E-state index < -0.39 is 0 Å². The second-order valence-electron chi connectivity index (χ2n) is 5.96. The fraction of sp³-hybridized carbons (Fsp3) is 0.333. The maximum atomic E-state index is 10.4. The summed E-state index contributed by atoms with van der Waals surface area (Å²) in [5.74, 6) is 0.698. The maximum Gasteiger partial charge on any atom is 0.119 e. The minimum absolute atomic E-state index is 0.261. The van der Waals surface area contributed by atoms with E-state index in [1.54, 1.807) is 0 Å². The van der Waals surface area contributed by atoms with Crippen LogP contribution in [0.1, 0.15) is 28.7 Å². The Balaban J connectivity index is 1.85. The molecule has 0 radical (unpaired) electrons. The van der Waals surface area contributed by atoms with Crippen molar-refractivity contribution < 1.29 is 5.11 Å². The van der Waals surface area contributed by atoms with Crippen LogP contribution >= 0.6 is 0 Å². The van der Waals surface area contributed by atoms with Gasteiger partial charge in [0.25, 0.3) is 0 Å². The van der Waals surface area contributed by atoms with Gasteiger partial charge in [-0.05, 0) is 17.2 Å². The molecule has 0 bridgehead atoms. The van der Waals surface area contributed by atoms with Crippen molar-refractivity contribution in [2.45, 2.75) is 12.0 Å². The molecule has 1 fully saturated rings. The maximum absolute atomic E-state index is 10.4. The molecule has 2 atom stereocenters. The zero-order chi connectivity index (χ0) is 14.2. The SMILES string of the molecule is Oc1cccc2c1C(c1ccccc1)CN1CCNCC21. The van der Waals surface area contributed by atoms with Crippen molar-refractivity contribution in [3.05, 3.63) is 65.2 Å². The Morgan fingerprint density at radius 1 is 1.05 bits per heavy atom. The van der Waals surface area contributed by atoms with Crippen LogP contribution in [-0.4, -0.2) is 36.2 Å². The van der Waals surface area contributed by atoms with Crippen molar-refractivity contribution in [3.8, 4) is 5.75 Å². The summed E-state index contributed by atoms with van der Waals surface area (Å²) in [7, 11) is 0. The van der Waals surface area contributed by atoms with E-state index >= 15 is 0 Å². The molecule has 3 heteroatoms. The lowest BCUT2D eigenvalue weighted by molar-refractivity contribution is 0.142. The predicted octanol–water partition coefficient (Wildman–Crippen LogP) is 2.48. The van der Waals surface area contributed by atoms with E-state index in [9.17, 15) is 5.11 Å².